The first-order valence-corrected chi connectivity index (χ1v) is 5.59. The lowest BCUT2D eigenvalue weighted by Gasteiger charge is -2.20. The molecule has 0 amide bonds. The third kappa shape index (κ3) is 2.72. The smallest absolute Gasteiger partial charge is 0.157 e. The summed E-state index contributed by atoms with van der Waals surface area (Å²) in [6.07, 6.45) is 8.38. The Bertz CT molecular complexity index is 311. The fraction of sp³-hybridized carbons (Fsp3) is 0.727. The second kappa shape index (κ2) is 4.66. The molecule has 0 aromatic carbocycles. The molecule has 2 unspecified atom stereocenters. The molecule has 0 aliphatic heterocycles. The minimum absolute atomic E-state index is 0.0586. The van der Waals surface area contributed by atoms with Gasteiger partial charge in [-0.25, -0.2) is 0 Å². The van der Waals surface area contributed by atoms with E-state index in [2.05, 4.69) is 5.10 Å². The minimum Gasteiger partial charge on any atom is -0.484 e. The summed E-state index contributed by atoms with van der Waals surface area (Å²) in [4.78, 5) is 0. The molecule has 4 nitrogen and oxygen atoms in total. The highest BCUT2D eigenvalue weighted by Gasteiger charge is 2.23. The van der Waals surface area contributed by atoms with Gasteiger partial charge in [0.1, 0.15) is 6.10 Å². The molecule has 1 heterocycles. The Morgan fingerprint density at radius 1 is 1.40 bits per heavy atom. The molecule has 0 spiro atoms. The lowest BCUT2D eigenvalue weighted by atomic mass is 10.1. The molecule has 1 aliphatic rings. The molecular formula is C11H18N2O2. The predicted molar refractivity (Wildman–Crippen MR) is 56.7 cm³/mol. The van der Waals surface area contributed by atoms with Crippen LogP contribution in [0, 0.1) is 0 Å². The number of nitrogens with zero attached hydrogens (tertiary/aromatic N) is 2. The first-order chi connectivity index (χ1) is 7.25. The van der Waals surface area contributed by atoms with E-state index in [0.717, 1.165) is 31.4 Å². The van der Waals surface area contributed by atoms with Crippen LogP contribution in [0.15, 0.2) is 12.4 Å². The first-order valence-electron chi connectivity index (χ1n) is 5.59. The number of hydrogen-bond acceptors (Lipinski definition) is 3. The molecule has 2 rings (SSSR count). The van der Waals surface area contributed by atoms with Crippen LogP contribution >= 0.6 is 0 Å². The van der Waals surface area contributed by atoms with Gasteiger partial charge in [0.2, 0.25) is 0 Å². The van der Waals surface area contributed by atoms with Gasteiger partial charge in [-0.3, -0.25) is 4.68 Å². The molecule has 1 aliphatic carbocycles. The van der Waals surface area contributed by atoms with Crippen molar-refractivity contribution in [3.63, 3.8) is 0 Å². The van der Waals surface area contributed by atoms with Crippen molar-refractivity contribution in [2.45, 2.75) is 44.3 Å². The Hall–Kier alpha value is -1.03. The van der Waals surface area contributed by atoms with Crippen LogP contribution in [0.3, 0.4) is 0 Å². The van der Waals surface area contributed by atoms with Gasteiger partial charge in [-0.15, -0.1) is 0 Å². The Morgan fingerprint density at radius 3 is 2.93 bits per heavy atom. The number of ether oxygens (including phenoxy) is 1. The maximum Gasteiger partial charge on any atom is 0.157 e. The first kappa shape index (κ1) is 10.5. The zero-order valence-electron chi connectivity index (χ0n) is 9.09. The number of aromatic nitrogens is 2. The average Bonchev–Trinajstić information content (AvgIpc) is 2.50. The van der Waals surface area contributed by atoms with Crippen LogP contribution in [0.4, 0.5) is 0 Å². The minimum atomic E-state index is -0.326. The van der Waals surface area contributed by atoms with E-state index in [1.807, 2.05) is 13.2 Å². The van der Waals surface area contributed by atoms with E-state index in [9.17, 15) is 5.11 Å². The fourth-order valence-electron chi connectivity index (χ4n) is 2.03. The summed E-state index contributed by atoms with van der Waals surface area (Å²) in [6, 6.07) is 0. The molecule has 4 heteroatoms. The maximum absolute atomic E-state index is 9.86. The second-order valence-corrected chi connectivity index (χ2v) is 4.21. The maximum atomic E-state index is 9.86. The lowest BCUT2D eigenvalue weighted by molar-refractivity contribution is 0.0319. The highest BCUT2D eigenvalue weighted by atomic mass is 16.5. The number of aliphatic hydroxyl groups excluding tert-OH is 1. The predicted octanol–water partition coefficient (Wildman–Crippen LogP) is 1.49. The summed E-state index contributed by atoms with van der Waals surface area (Å²) in [5.41, 5.74) is 0. The summed E-state index contributed by atoms with van der Waals surface area (Å²) in [5.74, 6) is 0.753. The summed E-state index contributed by atoms with van der Waals surface area (Å²) < 4.78 is 7.44. The van der Waals surface area contributed by atoms with Crippen molar-refractivity contribution in [2.75, 3.05) is 0 Å². The molecule has 84 valence electrons. The van der Waals surface area contributed by atoms with Crippen molar-refractivity contribution in [1.29, 1.82) is 0 Å². The van der Waals surface area contributed by atoms with E-state index in [1.165, 1.54) is 6.42 Å². The normalized spacial score (nSPS) is 27.3. The molecule has 15 heavy (non-hydrogen) atoms. The SMILES string of the molecule is Cn1cc(OC2CCCCCC2O)cn1. The summed E-state index contributed by atoms with van der Waals surface area (Å²) >= 11 is 0. The molecular weight excluding hydrogens is 192 g/mol. The molecule has 1 aromatic heterocycles. The highest BCUT2D eigenvalue weighted by Crippen LogP contribution is 2.22. The number of aliphatic hydroxyl groups is 1. The zero-order chi connectivity index (χ0) is 10.7. The fourth-order valence-corrected chi connectivity index (χ4v) is 2.03. The van der Waals surface area contributed by atoms with Crippen LogP contribution in [0.5, 0.6) is 5.75 Å². The van der Waals surface area contributed by atoms with Crippen molar-refractivity contribution in [3.8, 4) is 5.75 Å². The van der Waals surface area contributed by atoms with Crippen molar-refractivity contribution in [1.82, 2.24) is 9.78 Å². The molecule has 0 radical (unpaired) electrons. The molecule has 2 atom stereocenters. The number of rotatable bonds is 2. The van der Waals surface area contributed by atoms with Crippen molar-refractivity contribution >= 4 is 0 Å². The highest BCUT2D eigenvalue weighted by molar-refractivity contribution is 5.12. The Morgan fingerprint density at radius 2 is 2.20 bits per heavy atom. The van der Waals surface area contributed by atoms with Gasteiger partial charge >= 0.3 is 0 Å². The van der Waals surface area contributed by atoms with Crippen molar-refractivity contribution < 1.29 is 9.84 Å². The topological polar surface area (TPSA) is 47.3 Å². The van der Waals surface area contributed by atoms with E-state index in [-0.39, 0.29) is 12.2 Å². The van der Waals surface area contributed by atoms with Gasteiger partial charge in [0.15, 0.2) is 5.75 Å². The van der Waals surface area contributed by atoms with Crippen molar-refractivity contribution in [2.24, 2.45) is 7.05 Å². The zero-order valence-corrected chi connectivity index (χ0v) is 9.09. The average molecular weight is 210 g/mol. The van der Waals surface area contributed by atoms with Gasteiger partial charge in [-0.05, 0) is 19.3 Å². The van der Waals surface area contributed by atoms with E-state index < -0.39 is 0 Å². The number of hydrogen-bond donors (Lipinski definition) is 1. The van der Waals surface area contributed by atoms with Gasteiger partial charge in [0, 0.05) is 7.05 Å². The van der Waals surface area contributed by atoms with Crippen LogP contribution < -0.4 is 4.74 Å². The van der Waals surface area contributed by atoms with Crippen molar-refractivity contribution in [3.05, 3.63) is 12.4 Å². The van der Waals surface area contributed by atoms with Crippen LogP contribution in [0.25, 0.3) is 0 Å². The van der Waals surface area contributed by atoms with E-state index >= 15 is 0 Å². The Kier molecular flexibility index (Phi) is 3.26. The van der Waals surface area contributed by atoms with Gasteiger partial charge < -0.3 is 9.84 Å². The Balaban J connectivity index is 1.97. The van der Waals surface area contributed by atoms with Crippen LogP contribution in [0.2, 0.25) is 0 Å². The quantitative estimate of drug-likeness (QED) is 0.752. The summed E-state index contributed by atoms with van der Waals surface area (Å²) in [6.45, 7) is 0. The number of aryl methyl sites for hydroxylation is 1. The van der Waals surface area contributed by atoms with Gasteiger partial charge in [-0.2, -0.15) is 5.10 Å². The molecule has 1 aromatic rings. The van der Waals surface area contributed by atoms with E-state index in [0.29, 0.717) is 0 Å². The molecule has 1 fully saturated rings. The van der Waals surface area contributed by atoms with Crippen LogP contribution in [-0.2, 0) is 7.05 Å². The third-order valence-corrected chi connectivity index (χ3v) is 2.89. The Labute approximate surface area is 89.9 Å². The van der Waals surface area contributed by atoms with E-state index in [4.69, 9.17) is 4.74 Å². The van der Waals surface area contributed by atoms with E-state index in [1.54, 1.807) is 10.9 Å². The lowest BCUT2D eigenvalue weighted by Crippen LogP contribution is -2.30. The largest absolute Gasteiger partial charge is 0.484 e. The van der Waals surface area contributed by atoms with Crippen LogP contribution in [0.1, 0.15) is 32.1 Å². The summed E-state index contributed by atoms with van der Waals surface area (Å²) in [7, 11) is 1.86. The third-order valence-electron chi connectivity index (χ3n) is 2.89. The van der Waals surface area contributed by atoms with Crippen LogP contribution in [-0.4, -0.2) is 27.1 Å². The standard InChI is InChI=1S/C11H18N2O2/c1-13-8-9(7-12-13)15-11-6-4-2-3-5-10(11)14/h7-8,10-11,14H,2-6H2,1H3. The van der Waals surface area contributed by atoms with Gasteiger partial charge in [0.25, 0.3) is 0 Å². The summed E-state index contributed by atoms with van der Waals surface area (Å²) in [5, 5.41) is 13.9. The molecule has 0 bridgehead atoms. The monoisotopic (exact) mass is 210 g/mol. The van der Waals surface area contributed by atoms with Gasteiger partial charge in [-0.1, -0.05) is 12.8 Å². The molecule has 0 saturated heterocycles. The van der Waals surface area contributed by atoms with Gasteiger partial charge in [0.05, 0.1) is 18.5 Å². The second-order valence-electron chi connectivity index (χ2n) is 4.21. The molecule has 1 N–H and O–H groups in total. The molecule has 1 saturated carbocycles.